The molecule has 0 saturated carbocycles. The van der Waals surface area contributed by atoms with Crippen LogP contribution >= 0.6 is 0 Å². The van der Waals surface area contributed by atoms with Crippen molar-refractivity contribution in [1.29, 1.82) is 0 Å². The molecular weight excluding hydrogens is 218 g/mol. The lowest BCUT2D eigenvalue weighted by atomic mass is 10.0. The van der Waals surface area contributed by atoms with E-state index >= 15 is 0 Å². The molecule has 0 bridgehead atoms. The Labute approximate surface area is 101 Å². The van der Waals surface area contributed by atoms with Gasteiger partial charge in [0, 0.05) is 19.6 Å². The summed E-state index contributed by atoms with van der Waals surface area (Å²) < 4.78 is 5.35. The average molecular weight is 235 g/mol. The van der Waals surface area contributed by atoms with Gasteiger partial charge in [0.1, 0.15) is 0 Å². The van der Waals surface area contributed by atoms with Crippen LogP contribution < -0.4 is 0 Å². The highest BCUT2D eigenvalue weighted by molar-refractivity contribution is 5.77. The van der Waals surface area contributed by atoms with Gasteiger partial charge in [-0.25, -0.2) is 4.79 Å². The van der Waals surface area contributed by atoms with Crippen LogP contribution in [0.5, 0.6) is 0 Å². The van der Waals surface area contributed by atoms with Gasteiger partial charge in [0.05, 0.1) is 6.61 Å². The molecule has 0 radical (unpaired) electrons. The summed E-state index contributed by atoms with van der Waals surface area (Å²) in [6.07, 6.45) is 0. The standard InChI is InChI=1S/C13H17NO3/c1-13(12(15)16)10-14(7-8-17-13)9-11-5-3-2-4-6-11/h2-6H,7-10H2,1H3,(H,15,16)/t13-/m1/s1. The lowest BCUT2D eigenvalue weighted by Gasteiger charge is -2.37. The van der Waals surface area contributed by atoms with Crippen molar-refractivity contribution >= 4 is 5.97 Å². The molecule has 1 aliphatic rings. The van der Waals surface area contributed by atoms with Crippen LogP contribution in [-0.4, -0.2) is 41.3 Å². The second-order valence-electron chi connectivity index (χ2n) is 4.58. The summed E-state index contributed by atoms with van der Waals surface area (Å²) >= 11 is 0. The van der Waals surface area contributed by atoms with Gasteiger partial charge in [-0.3, -0.25) is 4.90 Å². The first kappa shape index (κ1) is 12.1. The Bertz CT molecular complexity index is 393. The maximum Gasteiger partial charge on any atom is 0.337 e. The molecule has 0 amide bonds. The minimum atomic E-state index is -1.08. The monoisotopic (exact) mass is 235 g/mol. The Balaban J connectivity index is 2.01. The summed E-state index contributed by atoms with van der Waals surface area (Å²) in [4.78, 5) is 13.2. The van der Waals surface area contributed by atoms with Gasteiger partial charge < -0.3 is 9.84 Å². The van der Waals surface area contributed by atoms with Crippen LogP contribution in [0, 0.1) is 0 Å². The molecule has 0 unspecified atom stereocenters. The zero-order chi connectivity index (χ0) is 12.3. The molecule has 0 aliphatic carbocycles. The molecule has 17 heavy (non-hydrogen) atoms. The molecule has 4 heteroatoms. The number of rotatable bonds is 3. The zero-order valence-corrected chi connectivity index (χ0v) is 9.93. The van der Waals surface area contributed by atoms with Gasteiger partial charge in [-0.05, 0) is 12.5 Å². The van der Waals surface area contributed by atoms with E-state index in [2.05, 4.69) is 4.90 Å². The molecule has 0 aromatic heterocycles. The maximum atomic E-state index is 11.1. The fourth-order valence-corrected chi connectivity index (χ4v) is 2.06. The van der Waals surface area contributed by atoms with Crippen LogP contribution in [0.3, 0.4) is 0 Å². The van der Waals surface area contributed by atoms with E-state index < -0.39 is 11.6 Å². The first-order valence-electron chi connectivity index (χ1n) is 5.74. The van der Waals surface area contributed by atoms with Crippen LogP contribution in [0.4, 0.5) is 0 Å². The van der Waals surface area contributed by atoms with E-state index in [1.54, 1.807) is 6.92 Å². The second kappa shape index (κ2) is 4.85. The zero-order valence-electron chi connectivity index (χ0n) is 9.93. The van der Waals surface area contributed by atoms with Gasteiger partial charge in [0.2, 0.25) is 0 Å². The fourth-order valence-electron chi connectivity index (χ4n) is 2.06. The molecular formula is C13H17NO3. The van der Waals surface area contributed by atoms with Crippen molar-refractivity contribution in [2.24, 2.45) is 0 Å². The number of carboxylic acid groups (broad SMARTS) is 1. The summed E-state index contributed by atoms with van der Waals surface area (Å²) in [5, 5.41) is 9.13. The summed E-state index contributed by atoms with van der Waals surface area (Å²) in [5.74, 6) is -0.893. The molecule has 4 nitrogen and oxygen atoms in total. The first-order chi connectivity index (χ1) is 8.10. The highest BCUT2D eigenvalue weighted by Gasteiger charge is 2.39. The predicted octanol–water partition coefficient (Wildman–Crippen LogP) is 1.36. The summed E-state index contributed by atoms with van der Waals surface area (Å²) in [6.45, 7) is 4.07. The van der Waals surface area contributed by atoms with Crippen molar-refractivity contribution in [2.75, 3.05) is 19.7 Å². The van der Waals surface area contributed by atoms with E-state index in [-0.39, 0.29) is 0 Å². The van der Waals surface area contributed by atoms with Gasteiger partial charge in [-0.15, -0.1) is 0 Å². The molecule has 1 aliphatic heterocycles. The van der Waals surface area contributed by atoms with Crippen molar-refractivity contribution in [3.63, 3.8) is 0 Å². The van der Waals surface area contributed by atoms with Gasteiger partial charge >= 0.3 is 5.97 Å². The highest BCUT2D eigenvalue weighted by Crippen LogP contribution is 2.19. The minimum absolute atomic E-state index is 0.428. The van der Waals surface area contributed by atoms with Gasteiger partial charge in [0.25, 0.3) is 0 Å². The molecule has 1 fully saturated rings. The SMILES string of the molecule is C[C@]1(C(=O)O)CN(Cc2ccccc2)CCO1. The lowest BCUT2D eigenvalue weighted by molar-refractivity contribution is -0.174. The number of morpholine rings is 1. The number of ether oxygens (including phenoxy) is 1. The number of aliphatic carboxylic acids is 1. The number of carboxylic acids is 1. The van der Waals surface area contributed by atoms with Crippen molar-refractivity contribution in [3.8, 4) is 0 Å². The van der Waals surface area contributed by atoms with Crippen LogP contribution in [0.25, 0.3) is 0 Å². The third kappa shape index (κ3) is 2.84. The van der Waals surface area contributed by atoms with Crippen LogP contribution in [0.15, 0.2) is 30.3 Å². The number of hydrogen-bond donors (Lipinski definition) is 1. The van der Waals surface area contributed by atoms with Crippen LogP contribution in [0.1, 0.15) is 12.5 Å². The molecule has 1 heterocycles. The van der Waals surface area contributed by atoms with E-state index in [9.17, 15) is 4.79 Å². The first-order valence-corrected chi connectivity index (χ1v) is 5.74. The topological polar surface area (TPSA) is 49.8 Å². The van der Waals surface area contributed by atoms with Crippen molar-refractivity contribution in [2.45, 2.75) is 19.1 Å². The van der Waals surface area contributed by atoms with Gasteiger partial charge in [0.15, 0.2) is 5.60 Å². The third-order valence-electron chi connectivity index (χ3n) is 3.05. The molecule has 1 N–H and O–H groups in total. The largest absolute Gasteiger partial charge is 0.479 e. The smallest absolute Gasteiger partial charge is 0.337 e. The molecule has 1 saturated heterocycles. The Hall–Kier alpha value is -1.39. The number of benzene rings is 1. The summed E-state index contributed by atoms with van der Waals surface area (Å²) in [5.41, 5.74) is 0.120. The quantitative estimate of drug-likeness (QED) is 0.859. The van der Waals surface area contributed by atoms with E-state index in [0.29, 0.717) is 13.2 Å². The molecule has 1 atom stereocenters. The molecule has 2 rings (SSSR count). The van der Waals surface area contributed by atoms with E-state index in [1.165, 1.54) is 5.56 Å². The van der Waals surface area contributed by atoms with Gasteiger partial charge in [-0.1, -0.05) is 30.3 Å². The molecule has 1 aromatic carbocycles. The van der Waals surface area contributed by atoms with Gasteiger partial charge in [-0.2, -0.15) is 0 Å². The van der Waals surface area contributed by atoms with E-state index in [4.69, 9.17) is 9.84 Å². The fraction of sp³-hybridized carbons (Fsp3) is 0.462. The highest BCUT2D eigenvalue weighted by atomic mass is 16.5. The maximum absolute atomic E-state index is 11.1. The minimum Gasteiger partial charge on any atom is -0.479 e. The number of nitrogens with zero attached hydrogens (tertiary/aromatic N) is 1. The lowest BCUT2D eigenvalue weighted by Crippen LogP contribution is -2.54. The third-order valence-corrected chi connectivity index (χ3v) is 3.05. The summed E-state index contributed by atoms with van der Waals surface area (Å²) in [7, 11) is 0. The van der Waals surface area contributed by atoms with E-state index in [1.807, 2.05) is 30.3 Å². The second-order valence-corrected chi connectivity index (χ2v) is 4.58. The molecule has 0 spiro atoms. The molecule has 1 aromatic rings. The van der Waals surface area contributed by atoms with Crippen LogP contribution in [0.2, 0.25) is 0 Å². The Morgan fingerprint density at radius 2 is 2.18 bits per heavy atom. The average Bonchev–Trinajstić information content (AvgIpc) is 2.30. The summed E-state index contributed by atoms with van der Waals surface area (Å²) in [6, 6.07) is 10.1. The Morgan fingerprint density at radius 1 is 1.47 bits per heavy atom. The van der Waals surface area contributed by atoms with Crippen molar-refractivity contribution in [1.82, 2.24) is 4.90 Å². The normalized spacial score (nSPS) is 25.7. The van der Waals surface area contributed by atoms with Crippen molar-refractivity contribution < 1.29 is 14.6 Å². The van der Waals surface area contributed by atoms with E-state index in [0.717, 1.165) is 13.1 Å². The van der Waals surface area contributed by atoms with Crippen molar-refractivity contribution in [3.05, 3.63) is 35.9 Å². The number of hydrogen-bond acceptors (Lipinski definition) is 3. The Kier molecular flexibility index (Phi) is 3.45. The Morgan fingerprint density at radius 3 is 2.82 bits per heavy atom. The molecule has 92 valence electrons. The predicted molar refractivity (Wildman–Crippen MR) is 63.7 cm³/mol. The van der Waals surface area contributed by atoms with Crippen LogP contribution in [-0.2, 0) is 16.1 Å². The number of carbonyl (C=O) groups is 1.